The molecule has 0 saturated carbocycles. The van der Waals surface area contributed by atoms with E-state index in [4.69, 9.17) is 18.9 Å². The lowest BCUT2D eigenvalue weighted by atomic mass is 10.2. The molecule has 0 bridgehead atoms. The third-order valence-corrected chi connectivity index (χ3v) is 20.4. The van der Waals surface area contributed by atoms with Gasteiger partial charge in [-0.15, -0.1) is 90.7 Å². The average Bonchev–Trinajstić information content (AvgIpc) is 4.15. The highest BCUT2D eigenvalue weighted by Gasteiger charge is 2.23. The molecule has 64 heavy (non-hydrogen) atoms. The normalized spacial score (nSPS) is 11.5. The van der Waals surface area contributed by atoms with Gasteiger partial charge in [0.25, 0.3) is 0 Å². The van der Waals surface area contributed by atoms with Crippen LogP contribution in [0.25, 0.3) is 68.3 Å². The third kappa shape index (κ3) is 11.8. The summed E-state index contributed by atoms with van der Waals surface area (Å²) in [7, 11) is 0. The fourth-order valence-electron chi connectivity index (χ4n) is 7.24. The molecule has 0 spiro atoms. The van der Waals surface area contributed by atoms with Crippen LogP contribution in [0.4, 0.5) is 0 Å². The minimum Gasteiger partial charge on any atom is -0.492 e. The van der Waals surface area contributed by atoms with Crippen LogP contribution in [-0.2, 0) is 0 Å². The van der Waals surface area contributed by atoms with E-state index < -0.39 is 0 Å². The van der Waals surface area contributed by atoms with Crippen molar-refractivity contribution in [2.75, 3.05) is 26.4 Å². The molecule has 338 valence electrons. The van der Waals surface area contributed by atoms with Gasteiger partial charge < -0.3 is 18.9 Å². The van der Waals surface area contributed by atoms with Gasteiger partial charge in [-0.05, 0) is 97.1 Å². The third-order valence-electron chi connectivity index (χ3n) is 10.7. The van der Waals surface area contributed by atoms with Gasteiger partial charge in [-0.2, -0.15) is 0 Å². The van der Waals surface area contributed by atoms with Crippen molar-refractivity contribution >= 4 is 90.7 Å². The second-order valence-electron chi connectivity index (χ2n) is 15.7. The van der Waals surface area contributed by atoms with Crippen molar-refractivity contribution in [3.8, 4) is 91.3 Å². The Labute approximate surface area is 412 Å². The monoisotopic (exact) mass is 1000 g/mol. The Bertz CT molecular complexity index is 2440. The minimum absolute atomic E-state index is 0.719. The summed E-state index contributed by atoms with van der Waals surface area (Å²) < 4.78 is 25.7. The average molecular weight is 1000 g/mol. The van der Waals surface area contributed by atoms with Gasteiger partial charge in [0.15, 0.2) is 0 Å². The minimum atomic E-state index is 0.719. The van der Waals surface area contributed by atoms with Gasteiger partial charge in [0, 0.05) is 60.9 Å². The molecule has 0 atom stereocenters. The first-order valence-corrected chi connectivity index (χ1v) is 29.6. The molecule has 0 aliphatic carbocycles. The van der Waals surface area contributed by atoms with Crippen LogP contribution in [0.15, 0.2) is 83.6 Å². The summed E-state index contributed by atoms with van der Waals surface area (Å²) in [5.41, 5.74) is 0. The lowest BCUT2D eigenvalue weighted by Gasteiger charge is -2.05. The lowest BCUT2D eigenvalue weighted by Crippen LogP contribution is -1.96. The van der Waals surface area contributed by atoms with E-state index in [0.29, 0.717) is 0 Å². The molecule has 0 unspecified atom stereocenters. The molecule has 8 aromatic rings. The smallest absolute Gasteiger partial charge is 0.139 e. The molecule has 0 radical (unpaired) electrons. The zero-order chi connectivity index (χ0) is 44.1. The summed E-state index contributed by atoms with van der Waals surface area (Å²) in [4.78, 5) is 17.4. The maximum Gasteiger partial charge on any atom is 0.139 e. The van der Waals surface area contributed by atoms with Gasteiger partial charge in [0.05, 0.1) is 45.9 Å². The van der Waals surface area contributed by atoms with Gasteiger partial charge in [0.1, 0.15) is 23.0 Å². The molecular formula is C52H58O4S8. The summed E-state index contributed by atoms with van der Waals surface area (Å²) in [6.07, 6.45) is 13.7. The van der Waals surface area contributed by atoms with E-state index in [9.17, 15) is 0 Å². The molecule has 4 nitrogen and oxygen atoms in total. The fourth-order valence-corrected chi connectivity index (χ4v) is 15.9. The molecule has 8 aromatic heterocycles. The van der Waals surface area contributed by atoms with Crippen molar-refractivity contribution in [3.05, 3.63) is 83.6 Å². The first-order chi connectivity index (χ1) is 31.6. The molecule has 0 aliphatic heterocycles. The molecule has 8 heterocycles. The van der Waals surface area contributed by atoms with Crippen molar-refractivity contribution in [1.82, 2.24) is 0 Å². The lowest BCUT2D eigenvalue weighted by molar-refractivity contribution is 0.308. The largest absolute Gasteiger partial charge is 0.492 e. The predicted octanol–water partition coefficient (Wildman–Crippen LogP) is 20.1. The topological polar surface area (TPSA) is 36.9 Å². The Morgan fingerprint density at radius 1 is 0.297 bits per heavy atom. The zero-order valence-electron chi connectivity index (χ0n) is 37.3. The Balaban J connectivity index is 1.05. The van der Waals surface area contributed by atoms with Gasteiger partial charge in [-0.3, -0.25) is 0 Å². The molecule has 0 saturated heterocycles. The van der Waals surface area contributed by atoms with Gasteiger partial charge in [-0.1, -0.05) is 79.1 Å². The van der Waals surface area contributed by atoms with E-state index in [2.05, 4.69) is 111 Å². The van der Waals surface area contributed by atoms with Crippen molar-refractivity contribution < 1.29 is 18.9 Å². The van der Waals surface area contributed by atoms with Crippen LogP contribution in [0.2, 0.25) is 0 Å². The molecule has 0 fully saturated rings. The number of unbranched alkanes of at least 4 members (excludes halogenated alkanes) is 8. The molecule has 0 amide bonds. The highest BCUT2D eigenvalue weighted by molar-refractivity contribution is 7.31. The van der Waals surface area contributed by atoms with Crippen molar-refractivity contribution in [3.63, 3.8) is 0 Å². The van der Waals surface area contributed by atoms with E-state index >= 15 is 0 Å². The maximum atomic E-state index is 6.63. The second kappa shape index (κ2) is 24.0. The van der Waals surface area contributed by atoms with E-state index in [1.807, 2.05) is 68.0 Å². The van der Waals surface area contributed by atoms with E-state index in [0.717, 1.165) is 88.0 Å². The Morgan fingerprint density at radius 2 is 0.594 bits per heavy atom. The van der Waals surface area contributed by atoms with Crippen LogP contribution < -0.4 is 18.9 Å². The van der Waals surface area contributed by atoms with E-state index in [1.165, 1.54) is 107 Å². The van der Waals surface area contributed by atoms with E-state index in [-0.39, 0.29) is 0 Å². The molecule has 0 aliphatic rings. The van der Waals surface area contributed by atoms with Crippen LogP contribution >= 0.6 is 90.7 Å². The predicted molar refractivity (Wildman–Crippen MR) is 288 cm³/mol. The molecule has 0 aromatic carbocycles. The summed E-state index contributed by atoms with van der Waals surface area (Å²) >= 11 is 14.6. The highest BCUT2D eigenvalue weighted by Crippen LogP contribution is 2.53. The van der Waals surface area contributed by atoms with Crippen molar-refractivity contribution in [2.45, 2.75) is 105 Å². The molecule has 0 N–H and O–H groups in total. The number of hydrogen-bond donors (Lipinski definition) is 0. The number of ether oxygens (including phenoxy) is 4. The Morgan fingerprint density at radius 3 is 0.922 bits per heavy atom. The van der Waals surface area contributed by atoms with Gasteiger partial charge >= 0.3 is 0 Å². The van der Waals surface area contributed by atoms with Gasteiger partial charge in [0.2, 0.25) is 0 Å². The molecular weight excluding hydrogens is 945 g/mol. The van der Waals surface area contributed by atoms with Crippen LogP contribution in [-0.4, -0.2) is 26.4 Å². The second-order valence-corrected chi connectivity index (χ2v) is 24.0. The van der Waals surface area contributed by atoms with Crippen molar-refractivity contribution in [2.24, 2.45) is 0 Å². The fraction of sp³-hybridized carbons (Fsp3) is 0.385. The van der Waals surface area contributed by atoms with Gasteiger partial charge in [-0.25, -0.2) is 0 Å². The number of thiophene rings is 8. The van der Waals surface area contributed by atoms with Crippen molar-refractivity contribution in [1.29, 1.82) is 0 Å². The maximum absolute atomic E-state index is 6.63. The Kier molecular flexibility index (Phi) is 17.7. The highest BCUT2D eigenvalue weighted by atomic mass is 32.1. The van der Waals surface area contributed by atoms with Crippen LogP contribution in [0, 0.1) is 0 Å². The number of rotatable bonds is 27. The number of hydrogen-bond acceptors (Lipinski definition) is 12. The first-order valence-electron chi connectivity index (χ1n) is 22.9. The van der Waals surface area contributed by atoms with Crippen LogP contribution in [0.1, 0.15) is 105 Å². The molecule has 8 rings (SSSR count). The summed E-state index contributed by atoms with van der Waals surface area (Å²) in [6, 6.07) is 27.0. The van der Waals surface area contributed by atoms with Crippen LogP contribution in [0.3, 0.4) is 0 Å². The summed E-state index contributed by atoms with van der Waals surface area (Å²) in [5, 5.41) is 4.29. The standard InChI is InChI=1S/C52H58O4S8/c1-5-9-13-27-53-35-25-31-57-49(35)43-21-17-39(59-43)41-19-23-45(61-41)51-37(55-29-15-11-7-3)33-47(63-51)48-34-38(56-30-16-12-8-4)52(64-48)46-24-20-42(62-46)40-18-22-44(60-40)50-36(26-32-58-50)54-28-14-10-6-2/h17-26,31-34H,5-16,27-30H2,1-4H3. The van der Waals surface area contributed by atoms with Crippen LogP contribution in [0.5, 0.6) is 23.0 Å². The quantitative estimate of drug-likeness (QED) is 0.0481. The SMILES string of the molecule is CCCCCOc1ccsc1-c1ccc(-c2ccc(-c3sc(-c4cc(OCCCCC)c(-c5ccc(-c6ccc(-c7sccc7OCCCCC)s6)s5)s4)cc3OCCCCC)s2)s1. The molecule has 12 heteroatoms. The summed E-state index contributed by atoms with van der Waals surface area (Å²) in [6.45, 7) is 11.9. The Hall–Kier alpha value is -3.20. The summed E-state index contributed by atoms with van der Waals surface area (Å²) in [5.74, 6) is 3.97. The van der Waals surface area contributed by atoms with E-state index in [1.54, 1.807) is 22.7 Å². The first kappa shape index (κ1) is 47.3. The zero-order valence-corrected chi connectivity index (χ0v) is 43.8.